The minimum absolute atomic E-state index is 0.0175. The first-order valence-corrected chi connectivity index (χ1v) is 5.95. The highest BCUT2D eigenvalue weighted by Crippen LogP contribution is 2.29. The van der Waals surface area contributed by atoms with Crippen LogP contribution in [0.4, 0.5) is 0 Å². The number of hydrogen-bond acceptors (Lipinski definition) is 3. The van der Waals surface area contributed by atoms with Gasteiger partial charge in [0.15, 0.2) is 0 Å². The molecule has 2 N–H and O–H groups in total. The molecule has 0 aromatic heterocycles. The number of aliphatic hydroxyl groups excluding tert-OH is 1. The third-order valence-corrected chi connectivity index (χ3v) is 2.82. The Bertz CT molecular complexity index is 441. The predicted molar refractivity (Wildman–Crippen MR) is 69.0 cm³/mol. The second kappa shape index (κ2) is 5.59. The number of halogens is 1. The third kappa shape index (κ3) is 3.62. The van der Waals surface area contributed by atoms with Crippen LogP contribution in [0.2, 0.25) is 5.02 Å². The summed E-state index contributed by atoms with van der Waals surface area (Å²) in [5, 5.41) is 19.1. The predicted octanol–water partition coefficient (Wildman–Crippen LogP) is 2.88. The smallest absolute Gasteiger partial charge is 0.312 e. The molecular formula is C13H17ClO4. The Morgan fingerprint density at radius 3 is 2.61 bits per heavy atom. The maximum absolute atomic E-state index is 11.0. The second-order valence-corrected chi connectivity index (χ2v) is 5.27. The molecule has 1 aromatic rings. The van der Waals surface area contributed by atoms with Crippen molar-refractivity contribution in [3.8, 4) is 5.75 Å². The molecule has 0 spiro atoms. The van der Waals surface area contributed by atoms with Crippen LogP contribution in [0, 0.1) is 5.41 Å². The van der Waals surface area contributed by atoms with Gasteiger partial charge in [-0.3, -0.25) is 4.79 Å². The van der Waals surface area contributed by atoms with Crippen LogP contribution in [0.5, 0.6) is 5.75 Å². The molecule has 0 unspecified atom stereocenters. The van der Waals surface area contributed by atoms with Crippen molar-refractivity contribution in [3.63, 3.8) is 0 Å². The summed E-state index contributed by atoms with van der Waals surface area (Å²) >= 11 is 5.84. The Labute approximate surface area is 111 Å². The van der Waals surface area contributed by atoms with Crippen molar-refractivity contribution in [2.45, 2.75) is 26.9 Å². The van der Waals surface area contributed by atoms with Gasteiger partial charge in [0.2, 0.25) is 0 Å². The topological polar surface area (TPSA) is 66.8 Å². The van der Waals surface area contributed by atoms with E-state index in [4.69, 9.17) is 21.4 Å². The number of aliphatic hydroxyl groups is 1. The zero-order valence-electron chi connectivity index (χ0n) is 10.6. The molecular weight excluding hydrogens is 256 g/mol. The van der Waals surface area contributed by atoms with E-state index in [0.29, 0.717) is 16.3 Å². The molecule has 0 aliphatic heterocycles. The van der Waals surface area contributed by atoms with Crippen molar-refractivity contribution in [2.24, 2.45) is 5.41 Å². The molecule has 0 fully saturated rings. The van der Waals surface area contributed by atoms with Gasteiger partial charge in [0.05, 0.1) is 11.5 Å². The summed E-state index contributed by atoms with van der Waals surface area (Å²) in [5.41, 5.74) is -0.445. The lowest BCUT2D eigenvalue weighted by molar-refractivity contribution is -0.148. The molecule has 0 amide bonds. The first-order chi connectivity index (χ1) is 8.24. The molecule has 5 heteroatoms. The fraction of sp³-hybridized carbons (Fsp3) is 0.462. The number of carbonyl (C=O) groups is 1. The zero-order valence-corrected chi connectivity index (χ0v) is 11.4. The molecule has 1 aromatic carbocycles. The Hall–Kier alpha value is -1.26. The summed E-state index contributed by atoms with van der Waals surface area (Å²) in [6.45, 7) is 4.77. The normalized spacial score (nSPS) is 13.2. The van der Waals surface area contributed by atoms with Gasteiger partial charge in [-0.25, -0.2) is 0 Å². The van der Waals surface area contributed by atoms with E-state index in [1.54, 1.807) is 39.0 Å². The average molecular weight is 273 g/mol. The first-order valence-electron chi connectivity index (χ1n) is 5.58. The summed E-state index contributed by atoms with van der Waals surface area (Å²) < 4.78 is 5.48. The summed E-state index contributed by atoms with van der Waals surface area (Å²) in [6.07, 6.45) is -0.730. The molecule has 0 radical (unpaired) electrons. The minimum Gasteiger partial charge on any atom is -0.492 e. The Morgan fingerprint density at radius 1 is 1.50 bits per heavy atom. The van der Waals surface area contributed by atoms with E-state index in [1.165, 1.54) is 0 Å². The van der Waals surface area contributed by atoms with E-state index in [0.717, 1.165) is 0 Å². The summed E-state index contributed by atoms with van der Waals surface area (Å²) in [5.74, 6) is -0.487. The summed E-state index contributed by atoms with van der Waals surface area (Å²) in [7, 11) is 0. The van der Waals surface area contributed by atoms with Gasteiger partial charge in [0.25, 0.3) is 0 Å². The first kappa shape index (κ1) is 14.8. The molecule has 0 heterocycles. The Kier molecular flexibility index (Phi) is 4.59. The average Bonchev–Trinajstić information content (AvgIpc) is 2.27. The third-order valence-electron chi connectivity index (χ3n) is 2.59. The summed E-state index contributed by atoms with van der Waals surface area (Å²) in [4.78, 5) is 11.0. The van der Waals surface area contributed by atoms with Gasteiger partial charge in [0.1, 0.15) is 12.4 Å². The van der Waals surface area contributed by atoms with Gasteiger partial charge in [-0.1, -0.05) is 11.6 Å². The molecule has 100 valence electrons. The van der Waals surface area contributed by atoms with Crippen molar-refractivity contribution in [1.29, 1.82) is 0 Å². The molecule has 1 atom stereocenters. The monoisotopic (exact) mass is 272 g/mol. The van der Waals surface area contributed by atoms with Crippen molar-refractivity contribution < 1.29 is 19.7 Å². The number of carboxylic acid groups (broad SMARTS) is 1. The van der Waals surface area contributed by atoms with Crippen LogP contribution in [0.25, 0.3) is 0 Å². The lowest BCUT2D eigenvalue weighted by Gasteiger charge is -2.21. The molecule has 0 aliphatic rings. The summed E-state index contributed by atoms with van der Waals surface area (Å²) in [6, 6.07) is 4.87. The van der Waals surface area contributed by atoms with Crippen molar-refractivity contribution in [2.75, 3.05) is 6.61 Å². The van der Waals surface area contributed by atoms with Gasteiger partial charge >= 0.3 is 5.97 Å². The van der Waals surface area contributed by atoms with Crippen LogP contribution in [0.3, 0.4) is 0 Å². The van der Waals surface area contributed by atoms with Crippen molar-refractivity contribution in [1.82, 2.24) is 0 Å². The van der Waals surface area contributed by atoms with Crippen LogP contribution in [-0.2, 0) is 4.79 Å². The molecule has 4 nitrogen and oxygen atoms in total. The maximum atomic E-state index is 11.0. The minimum atomic E-state index is -0.990. The molecule has 0 saturated carbocycles. The number of rotatable bonds is 5. The highest BCUT2D eigenvalue weighted by Gasteiger charge is 2.28. The molecule has 0 saturated heterocycles. The van der Waals surface area contributed by atoms with E-state index < -0.39 is 17.5 Å². The van der Waals surface area contributed by atoms with Crippen LogP contribution < -0.4 is 4.74 Å². The molecule has 0 bridgehead atoms. The fourth-order valence-electron chi connectivity index (χ4n) is 1.30. The number of ether oxygens (including phenoxy) is 1. The van der Waals surface area contributed by atoms with Crippen LogP contribution in [0.1, 0.15) is 32.4 Å². The number of hydrogen-bond donors (Lipinski definition) is 2. The zero-order chi connectivity index (χ0) is 13.9. The lowest BCUT2D eigenvalue weighted by atomic mass is 9.95. The maximum Gasteiger partial charge on any atom is 0.312 e. The standard InChI is InChI=1S/C13H17ClO4/c1-8(15)10-6-9(14)4-5-11(10)18-7-13(2,3)12(16)17/h4-6,8,15H,7H2,1-3H3,(H,16,17)/t8-/m1/s1. The Morgan fingerprint density at radius 2 is 2.11 bits per heavy atom. The van der Waals surface area contributed by atoms with Crippen LogP contribution >= 0.6 is 11.6 Å². The quantitative estimate of drug-likeness (QED) is 0.865. The van der Waals surface area contributed by atoms with E-state index in [1.807, 2.05) is 0 Å². The number of carboxylic acids is 1. The largest absolute Gasteiger partial charge is 0.492 e. The van der Waals surface area contributed by atoms with E-state index >= 15 is 0 Å². The highest BCUT2D eigenvalue weighted by atomic mass is 35.5. The van der Waals surface area contributed by atoms with Crippen molar-refractivity contribution in [3.05, 3.63) is 28.8 Å². The second-order valence-electron chi connectivity index (χ2n) is 4.84. The SMILES string of the molecule is C[C@@H](O)c1cc(Cl)ccc1OCC(C)(C)C(=O)O. The van der Waals surface area contributed by atoms with E-state index in [-0.39, 0.29) is 6.61 Å². The molecule has 1 rings (SSSR count). The van der Waals surface area contributed by atoms with Gasteiger partial charge in [0, 0.05) is 10.6 Å². The lowest BCUT2D eigenvalue weighted by Crippen LogP contribution is -2.30. The highest BCUT2D eigenvalue weighted by molar-refractivity contribution is 6.30. The Balaban J connectivity index is 2.88. The fourth-order valence-corrected chi connectivity index (χ4v) is 1.48. The molecule has 0 aliphatic carbocycles. The van der Waals surface area contributed by atoms with E-state index in [9.17, 15) is 9.90 Å². The van der Waals surface area contributed by atoms with Gasteiger partial charge in [-0.15, -0.1) is 0 Å². The van der Waals surface area contributed by atoms with Gasteiger partial charge in [-0.2, -0.15) is 0 Å². The number of benzene rings is 1. The van der Waals surface area contributed by atoms with E-state index in [2.05, 4.69) is 0 Å². The van der Waals surface area contributed by atoms with Gasteiger partial charge < -0.3 is 14.9 Å². The van der Waals surface area contributed by atoms with Gasteiger partial charge in [-0.05, 0) is 39.0 Å². The number of aliphatic carboxylic acids is 1. The van der Waals surface area contributed by atoms with Crippen molar-refractivity contribution >= 4 is 17.6 Å². The van der Waals surface area contributed by atoms with Crippen LogP contribution in [-0.4, -0.2) is 22.8 Å². The van der Waals surface area contributed by atoms with Crippen LogP contribution in [0.15, 0.2) is 18.2 Å². The molecule has 18 heavy (non-hydrogen) atoms.